The summed E-state index contributed by atoms with van der Waals surface area (Å²) >= 11 is 0. The Hall–Kier alpha value is -2.47. The predicted octanol–water partition coefficient (Wildman–Crippen LogP) is 2.44. The molecule has 26 heavy (non-hydrogen) atoms. The second-order valence-corrected chi connectivity index (χ2v) is 6.76. The van der Waals surface area contributed by atoms with Crippen LogP contribution in [-0.2, 0) is 12.8 Å². The van der Waals surface area contributed by atoms with E-state index >= 15 is 0 Å². The second kappa shape index (κ2) is 8.76. The van der Waals surface area contributed by atoms with Gasteiger partial charge in [0.05, 0.1) is 6.10 Å². The lowest BCUT2D eigenvalue weighted by Gasteiger charge is -2.38. The molecular weight excluding hydrogens is 333 g/mol. The molecule has 1 aliphatic rings. The Morgan fingerprint density at radius 2 is 2.00 bits per heavy atom. The van der Waals surface area contributed by atoms with Gasteiger partial charge in [0.1, 0.15) is 5.82 Å². The van der Waals surface area contributed by atoms with Crippen molar-refractivity contribution in [1.82, 2.24) is 15.6 Å². The van der Waals surface area contributed by atoms with Gasteiger partial charge in [0.15, 0.2) is 0 Å². The smallest absolute Gasteiger partial charge is 0.315 e. The molecule has 1 aromatic carbocycles. The molecule has 0 unspecified atom stereocenters. The number of amides is 2. The minimum absolute atomic E-state index is 0.0817. The average Bonchev–Trinajstić information content (AvgIpc) is 2.61. The second-order valence-electron chi connectivity index (χ2n) is 6.76. The molecule has 1 aromatic heterocycles. The first-order valence-corrected chi connectivity index (χ1v) is 8.97. The van der Waals surface area contributed by atoms with E-state index in [2.05, 4.69) is 15.6 Å². The first-order chi connectivity index (χ1) is 12.6. The van der Waals surface area contributed by atoms with Gasteiger partial charge in [0.2, 0.25) is 0 Å². The maximum absolute atomic E-state index is 13.6. The van der Waals surface area contributed by atoms with Crippen LogP contribution in [0, 0.1) is 11.7 Å². The summed E-state index contributed by atoms with van der Waals surface area (Å²) < 4.78 is 13.6. The molecule has 3 N–H and O–H groups in total. The van der Waals surface area contributed by atoms with Crippen molar-refractivity contribution in [3.05, 3.63) is 65.7 Å². The molecule has 0 bridgehead atoms. The molecular formula is C20H24FN3O2. The lowest BCUT2D eigenvalue weighted by Crippen LogP contribution is -2.51. The van der Waals surface area contributed by atoms with Crippen LogP contribution in [-0.4, -0.2) is 34.8 Å². The summed E-state index contributed by atoms with van der Waals surface area (Å²) in [5.41, 5.74) is 1.49. The first kappa shape index (κ1) is 18.3. The number of aromatic nitrogens is 1. The van der Waals surface area contributed by atoms with Crippen LogP contribution in [0.3, 0.4) is 0 Å². The predicted molar refractivity (Wildman–Crippen MR) is 97.1 cm³/mol. The van der Waals surface area contributed by atoms with Gasteiger partial charge in [-0.1, -0.05) is 24.3 Å². The Kier molecular flexibility index (Phi) is 6.17. The van der Waals surface area contributed by atoms with Gasteiger partial charge < -0.3 is 15.7 Å². The van der Waals surface area contributed by atoms with Crippen LogP contribution in [0.15, 0.2) is 48.7 Å². The number of aliphatic hydroxyl groups excluding tert-OH is 1. The number of nitrogens with zero attached hydrogens (tertiary/aromatic N) is 1. The third-order valence-electron chi connectivity index (χ3n) is 4.83. The first-order valence-electron chi connectivity index (χ1n) is 8.97. The van der Waals surface area contributed by atoms with E-state index in [-0.39, 0.29) is 29.9 Å². The number of urea groups is 1. The number of pyridine rings is 1. The van der Waals surface area contributed by atoms with Crippen LogP contribution in [0.4, 0.5) is 9.18 Å². The molecule has 3 rings (SSSR count). The quantitative estimate of drug-likeness (QED) is 0.713. The van der Waals surface area contributed by atoms with Crippen molar-refractivity contribution in [3.8, 4) is 0 Å². The van der Waals surface area contributed by atoms with Crippen molar-refractivity contribution in [2.45, 2.75) is 37.8 Å². The molecule has 1 fully saturated rings. The fourth-order valence-electron chi connectivity index (χ4n) is 3.27. The molecule has 1 heterocycles. The highest BCUT2D eigenvalue weighted by atomic mass is 19.1. The summed E-state index contributed by atoms with van der Waals surface area (Å²) in [6, 6.07) is 11.9. The van der Waals surface area contributed by atoms with Gasteiger partial charge in [-0.15, -0.1) is 0 Å². The maximum atomic E-state index is 13.6. The van der Waals surface area contributed by atoms with Gasteiger partial charge in [-0.25, -0.2) is 9.18 Å². The number of hydrogen-bond donors (Lipinski definition) is 3. The van der Waals surface area contributed by atoms with Gasteiger partial charge >= 0.3 is 6.03 Å². The van der Waals surface area contributed by atoms with E-state index in [9.17, 15) is 14.3 Å². The minimum Gasteiger partial charge on any atom is -0.393 e. The topological polar surface area (TPSA) is 74.2 Å². The van der Waals surface area contributed by atoms with Gasteiger partial charge in [-0.3, -0.25) is 4.98 Å². The highest BCUT2D eigenvalue weighted by Gasteiger charge is 2.35. The highest BCUT2D eigenvalue weighted by Crippen LogP contribution is 2.31. The summed E-state index contributed by atoms with van der Waals surface area (Å²) in [5, 5.41) is 15.4. The van der Waals surface area contributed by atoms with Crippen molar-refractivity contribution in [1.29, 1.82) is 0 Å². The van der Waals surface area contributed by atoms with Gasteiger partial charge in [-0.05, 0) is 48.9 Å². The third kappa shape index (κ3) is 5.02. The van der Waals surface area contributed by atoms with Crippen LogP contribution >= 0.6 is 0 Å². The molecule has 0 saturated heterocycles. The zero-order valence-electron chi connectivity index (χ0n) is 14.6. The summed E-state index contributed by atoms with van der Waals surface area (Å²) in [6.07, 6.45) is 3.89. The molecule has 0 spiro atoms. The molecule has 1 saturated carbocycles. The summed E-state index contributed by atoms with van der Waals surface area (Å²) in [5.74, 6) is -0.0180. The summed E-state index contributed by atoms with van der Waals surface area (Å²) in [4.78, 5) is 16.6. The Bertz CT molecular complexity index is 720. The standard InChI is InChI=1S/C20H24FN3O2/c21-18-7-2-1-5-14(18)8-10-23-20(26)24-19(15-11-17(25)12-15)13-16-6-3-4-9-22-16/h1-7,9,15,17,19,25H,8,10-13H2,(H2,23,24,26)/t15?,17?,19-/m1/s1. The van der Waals surface area contributed by atoms with E-state index in [1.165, 1.54) is 6.07 Å². The van der Waals surface area contributed by atoms with E-state index in [0.717, 1.165) is 5.69 Å². The molecule has 2 aromatic rings. The molecule has 1 aliphatic carbocycles. The van der Waals surface area contributed by atoms with Crippen molar-refractivity contribution < 1.29 is 14.3 Å². The third-order valence-corrected chi connectivity index (χ3v) is 4.83. The van der Waals surface area contributed by atoms with E-state index < -0.39 is 0 Å². The van der Waals surface area contributed by atoms with Crippen molar-refractivity contribution >= 4 is 6.03 Å². The maximum Gasteiger partial charge on any atom is 0.315 e. The zero-order valence-corrected chi connectivity index (χ0v) is 14.6. The number of halogens is 1. The number of rotatable bonds is 7. The van der Waals surface area contributed by atoms with Gasteiger partial charge in [0, 0.05) is 30.9 Å². The molecule has 5 nitrogen and oxygen atoms in total. The lowest BCUT2D eigenvalue weighted by molar-refractivity contribution is 0.0261. The van der Waals surface area contributed by atoms with E-state index in [1.807, 2.05) is 18.2 Å². The summed E-state index contributed by atoms with van der Waals surface area (Å²) in [7, 11) is 0. The van der Waals surface area contributed by atoms with Crippen LogP contribution in [0.25, 0.3) is 0 Å². The Balaban J connectivity index is 1.51. The van der Waals surface area contributed by atoms with Crippen molar-refractivity contribution in [2.75, 3.05) is 6.54 Å². The fourth-order valence-corrected chi connectivity index (χ4v) is 3.27. The molecule has 138 valence electrons. The largest absolute Gasteiger partial charge is 0.393 e. The lowest BCUT2D eigenvalue weighted by atomic mass is 9.76. The van der Waals surface area contributed by atoms with Crippen molar-refractivity contribution in [2.24, 2.45) is 5.92 Å². The van der Waals surface area contributed by atoms with Crippen molar-refractivity contribution in [3.63, 3.8) is 0 Å². The van der Waals surface area contributed by atoms with Gasteiger partial charge in [-0.2, -0.15) is 0 Å². The number of aliphatic hydroxyl groups is 1. The Morgan fingerprint density at radius 1 is 1.23 bits per heavy atom. The van der Waals surface area contributed by atoms with Crippen LogP contribution in [0.5, 0.6) is 0 Å². The monoisotopic (exact) mass is 357 g/mol. The zero-order chi connectivity index (χ0) is 18.4. The molecule has 1 atom stereocenters. The van der Waals surface area contributed by atoms with Crippen LogP contribution in [0.1, 0.15) is 24.1 Å². The Morgan fingerprint density at radius 3 is 2.69 bits per heavy atom. The molecule has 2 amide bonds. The number of benzene rings is 1. The van der Waals surface area contributed by atoms with Crippen LogP contribution < -0.4 is 10.6 Å². The average molecular weight is 357 g/mol. The van der Waals surface area contributed by atoms with E-state index in [0.29, 0.717) is 37.8 Å². The van der Waals surface area contributed by atoms with E-state index in [1.54, 1.807) is 24.4 Å². The SMILES string of the molecule is O=C(NCCc1ccccc1F)N[C@H](Cc1ccccn1)C1CC(O)C1. The number of nitrogens with one attached hydrogen (secondary N) is 2. The Labute approximate surface area is 152 Å². The normalized spacial score (nSPS) is 20.1. The molecule has 0 aliphatic heterocycles. The number of carbonyl (C=O) groups is 1. The fraction of sp³-hybridized carbons (Fsp3) is 0.400. The van der Waals surface area contributed by atoms with Gasteiger partial charge in [0.25, 0.3) is 0 Å². The highest BCUT2D eigenvalue weighted by molar-refractivity contribution is 5.74. The molecule has 0 radical (unpaired) electrons. The summed E-state index contributed by atoms with van der Waals surface area (Å²) in [6.45, 7) is 0.358. The number of hydrogen-bond acceptors (Lipinski definition) is 3. The molecule has 6 heteroatoms. The number of carbonyl (C=O) groups excluding carboxylic acids is 1. The van der Waals surface area contributed by atoms with Crippen LogP contribution in [0.2, 0.25) is 0 Å². The van der Waals surface area contributed by atoms with E-state index in [4.69, 9.17) is 0 Å². The minimum atomic E-state index is -0.280.